The fraction of sp³-hybridized carbons (Fsp3) is 0.0690. The molecule has 7 nitrogen and oxygen atoms in total. The highest BCUT2D eigenvalue weighted by Crippen LogP contribution is 2.41. The lowest BCUT2D eigenvalue weighted by atomic mass is 10.0. The molecule has 0 saturated carbocycles. The van der Waals surface area contributed by atoms with Gasteiger partial charge in [-0.05, 0) is 77.7 Å². The van der Waals surface area contributed by atoms with E-state index in [2.05, 4.69) is 5.32 Å². The van der Waals surface area contributed by atoms with Gasteiger partial charge in [-0.15, -0.1) is 11.3 Å². The van der Waals surface area contributed by atoms with Crippen LogP contribution in [0.1, 0.15) is 16.6 Å². The first kappa shape index (κ1) is 24.9. The van der Waals surface area contributed by atoms with Gasteiger partial charge in [-0.25, -0.2) is 4.39 Å². The highest BCUT2D eigenvalue weighted by atomic mass is 32.1. The van der Waals surface area contributed by atoms with Crippen molar-refractivity contribution in [1.82, 2.24) is 9.78 Å². The summed E-state index contributed by atoms with van der Waals surface area (Å²) in [5.41, 5.74) is 3.69. The predicted molar refractivity (Wildman–Crippen MR) is 145 cm³/mol. The number of amides is 1. The van der Waals surface area contributed by atoms with Crippen LogP contribution in [0.15, 0.2) is 90.3 Å². The average Bonchev–Trinajstić information content (AvgIpc) is 3.59. The van der Waals surface area contributed by atoms with Crippen LogP contribution in [0.2, 0.25) is 0 Å². The van der Waals surface area contributed by atoms with Gasteiger partial charge in [-0.1, -0.05) is 18.2 Å². The lowest BCUT2D eigenvalue weighted by molar-refractivity contribution is -0.132. The zero-order valence-corrected chi connectivity index (χ0v) is 21.3. The number of ether oxygens (including phenoxy) is 2. The summed E-state index contributed by atoms with van der Waals surface area (Å²) in [7, 11) is 1.58. The largest absolute Gasteiger partial charge is 0.497 e. The van der Waals surface area contributed by atoms with E-state index in [0.717, 1.165) is 5.56 Å². The van der Waals surface area contributed by atoms with Gasteiger partial charge in [0.05, 0.1) is 23.2 Å². The van der Waals surface area contributed by atoms with Crippen LogP contribution in [0.25, 0.3) is 28.1 Å². The first-order chi connectivity index (χ1) is 18.4. The summed E-state index contributed by atoms with van der Waals surface area (Å²) in [6.07, 6.45) is 0. The molecule has 1 amide bonds. The Labute approximate surface area is 222 Å². The second kappa shape index (κ2) is 10.7. The highest BCUT2D eigenvalue weighted by molar-refractivity contribution is 7.12. The van der Waals surface area contributed by atoms with E-state index in [9.17, 15) is 14.0 Å². The number of hydrogen-bond donors (Lipinski definition) is 1. The lowest BCUT2D eigenvalue weighted by Crippen LogP contribution is -2.10. The predicted octanol–water partition coefficient (Wildman–Crippen LogP) is 6.59. The first-order valence-corrected chi connectivity index (χ1v) is 12.5. The fourth-order valence-corrected chi connectivity index (χ4v) is 4.54. The van der Waals surface area contributed by atoms with Gasteiger partial charge in [0.25, 0.3) is 5.91 Å². The Balaban J connectivity index is 1.63. The summed E-state index contributed by atoms with van der Waals surface area (Å²) in [6.45, 7) is 1.31. The van der Waals surface area contributed by atoms with Crippen LogP contribution in [0.3, 0.4) is 0 Å². The van der Waals surface area contributed by atoms with Crippen LogP contribution in [-0.2, 0) is 4.79 Å². The van der Waals surface area contributed by atoms with Crippen molar-refractivity contribution in [3.63, 3.8) is 0 Å². The molecule has 0 radical (unpaired) electrons. The monoisotopic (exact) mass is 527 g/mol. The van der Waals surface area contributed by atoms with Gasteiger partial charge in [0.1, 0.15) is 17.3 Å². The van der Waals surface area contributed by atoms with Crippen LogP contribution >= 0.6 is 11.3 Å². The van der Waals surface area contributed by atoms with Gasteiger partial charge in [0.2, 0.25) is 5.88 Å². The number of anilines is 1. The molecule has 0 spiro atoms. The summed E-state index contributed by atoms with van der Waals surface area (Å²) in [5, 5.41) is 9.50. The Hall–Kier alpha value is -4.76. The van der Waals surface area contributed by atoms with Crippen LogP contribution < -0.4 is 14.8 Å². The molecular formula is C29H22FN3O4S. The standard InChI is InChI=1S/C29H22FN3O4S/c1-18(34)37-29-26(19-5-11-22(12-6-19)31-28(35)25-4-3-17-38-25)27(20-7-15-24(36-2)16-8-20)32-33(29)23-13-9-21(30)10-14-23/h3-17H,1-2H3,(H,31,35). The lowest BCUT2D eigenvalue weighted by Gasteiger charge is -2.10. The third kappa shape index (κ3) is 5.18. The minimum absolute atomic E-state index is 0.185. The van der Waals surface area contributed by atoms with E-state index in [-0.39, 0.29) is 11.8 Å². The molecule has 5 aromatic rings. The molecule has 5 rings (SSSR count). The van der Waals surface area contributed by atoms with Crippen LogP contribution in [0, 0.1) is 5.82 Å². The molecule has 0 aliphatic carbocycles. The molecule has 190 valence electrons. The molecule has 0 atom stereocenters. The Morgan fingerprint density at radius 3 is 2.21 bits per heavy atom. The van der Waals surface area contributed by atoms with Crippen molar-refractivity contribution < 1.29 is 23.5 Å². The van der Waals surface area contributed by atoms with Crippen molar-refractivity contribution in [2.75, 3.05) is 12.4 Å². The average molecular weight is 528 g/mol. The van der Waals surface area contributed by atoms with Crippen LogP contribution in [0.4, 0.5) is 10.1 Å². The number of esters is 1. The summed E-state index contributed by atoms with van der Waals surface area (Å²) < 4.78 is 26.1. The summed E-state index contributed by atoms with van der Waals surface area (Å²) in [6, 6.07) is 23.8. The van der Waals surface area contributed by atoms with Gasteiger partial charge < -0.3 is 14.8 Å². The maximum absolute atomic E-state index is 13.7. The van der Waals surface area contributed by atoms with Crippen molar-refractivity contribution in [3.8, 4) is 39.7 Å². The molecule has 3 aromatic carbocycles. The fourth-order valence-electron chi connectivity index (χ4n) is 3.92. The van der Waals surface area contributed by atoms with E-state index in [4.69, 9.17) is 14.6 Å². The first-order valence-electron chi connectivity index (χ1n) is 11.6. The quantitative estimate of drug-likeness (QED) is 0.241. The molecule has 0 aliphatic heterocycles. The van der Waals surface area contributed by atoms with E-state index < -0.39 is 11.8 Å². The maximum Gasteiger partial charge on any atom is 0.309 e. The normalized spacial score (nSPS) is 10.7. The zero-order valence-electron chi connectivity index (χ0n) is 20.5. The number of nitrogens with one attached hydrogen (secondary N) is 1. The maximum atomic E-state index is 13.7. The van der Waals surface area contributed by atoms with Gasteiger partial charge >= 0.3 is 5.97 Å². The van der Waals surface area contributed by atoms with E-state index in [1.165, 1.54) is 35.1 Å². The number of rotatable bonds is 7. The van der Waals surface area contributed by atoms with Crippen LogP contribution in [0.5, 0.6) is 11.6 Å². The van der Waals surface area contributed by atoms with Gasteiger partial charge in [0, 0.05) is 18.2 Å². The zero-order chi connectivity index (χ0) is 26.6. The highest BCUT2D eigenvalue weighted by Gasteiger charge is 2.25. The molecule has 2 heterocycles. The number of hydrogen-bond acceptors (Lipinski definition) is 6. The summed E-state index contributed by atoms with van der Waals surface area (Å²) >= 11 is 1.36. The molecule has 2 aromatic heterocycles. The molecule has 0 bridgehead atoms. The Bertz CT molecular complexity index is 1580. The molecule has 9 heteroatoms. The minimum Gasteiger partial charge on any atom is -0.497 e. The number of carbonyl (C=O) groups excluding carboxylic acids is 2. The molecule has 0 fully saturated rings. The number of thiophene rings is 1. The summed E-state index contributed by atoms with van der Waals surface area (Å²) in [5.74, 6) is -0.262. The Morgan fingerprint density at radius 2 is 1.61 bits per heavy atom. The van der Waals surface area contributed by atoms with E-state index in [1.807, 2.05) is 47.8 Å². The number of halogens is 1. The second-order valence-electron chi connectivity index (χ2n) is 8.25. The third-order valence-electron chi connectivity index (χ3n) is 5.69. The molecule has 0 saturated heterocycles. The second-order valence-corrected chi connectivity index (χ2v) is 9.20. The number of methoxy groups -OCH3 is 1. The third-order valence-corrected chi connectivity index (χ3v) is 6.56. The Morgan fingerprint density at radius 1 is 0.921 bits per heavy atom. The number of carbonyl (C=O) groups is 2. The number of nitrogens with zero attached hydrogens (tertiary/aromatic N) is 2. The van der Waals surface area contributed by atoms with Crippen molar-refractivity contribution >= 4 is 28.9 Å². The van der Waals surface area contributed by atoms with Gasteiger partial charge in [-0.2, -0.15) is 9.78 Å². The van der Waals surface area contributed by atoms with E-state index >= 15 is 0 Å². The van der Waals surface area contributed by atoms with Crippen molar-refractivity contribution in [3.05, 3.63) is 101 Å². The van der Waals surface area contributed by atoms with E-state index in [1.54, 1.807) is 37.4 Å². The van der Waals surface area contributed by atoms with Gasteiger partial charge in [-0.3, -0.25) is 9.59 Å². The molecule has 0 unspecified atom stereocenters. The molecule has 0 aliphatic rings. The molecule has 1 N–H and O–H groups in total. The van der Waals surface area contributed by atoms with Crippen LogP contribution in [-0.4, -0.2) is 28.8 Å². The smallest absolute Gasteiger partial charge is 0.309 e. The van der Waals surface area contributed by atoms with E-state index in [0.29, 0.717) is 38.8 Å². The number of aromatic nitrogens is 2. The van der Waals surface area contributed by atoms with Gasteiger partial charge in [0.15, 0.2) is 0 Å². The number of benzene rings is 3. The SMILES string of the molecule is COc1ccc(-c2nn(-c3ccc(F)cc3)c(OC(C)=O)c2-c2ccc(NC(=O)c3cccs3)cc2)cc1. The molecular weight excluding hydrogens is 505 g/mol. The van der Waals surface area contributed by atoms with Crippen molar-refractivity contribution in [2.24, 2.45) is 0 Å². The minimum atomic E-state index is -0.532. The van der Waals surface area contributed by atoms with Crippen molar-refractivity contribution in [1.29, 1.82) is 0 Å². The Kier molecular flexibility index (Phi) is 7.01. The topological polar surface area (TPSA) is 82.4 Å². The molecule has 38 heavy (non-hydrogen) atoms. The van der Waals surface area contributed by atoms with Crippen molar-refractivity contribution in [2.45, 2.75) is 6.92 Å². The summed E-state index contributed by atoms with van der Waals surface area (Å²) in [4.78, 5) is 25.2.